The molecular formula is C17H24BrNO. The van der Waals surface area contributed by atoms with Crippen LogP contribution in [0.25, 0.3) is 0 Å². The number of alkyl halides is 1. The monoisotopic (exact) mass is 337 g/mol. The lowest BCUT2D eigenvalue weighted by Crippen LogP contribution is -2.32. The second kappa shape index (κ2) is 7.26. The Morgan fingerprint density at radius 2 is 2.05 bits per heavy atom. The molecule has 1 aliphatic carbocycles. The maximum atomic E-state index is 12.1. The van der Waals surface area contributed by atoms with Crippen LogP contribution in [0, 0.1) is 25.7 Å². The lowest BCUT2D eigenvalue weighted by Gasteiger charge is -2.18. The lowest BCUT2D eigenvalue weighted by molar-refractivity contribution is -0.120. The molecule has 1 N–H and O–H groups in total. The second-order valence-corrected chi connectivity index (χ2v) is 6.66. The summed E-state index contributed by atoms with van der Waals surface area (Å²) >= 11 is 3.58. The van der Waals surface area contributed by atoms with Crippen molar-refractivity contribution in [1.82, 2.24) is 5.32 Å². The number of hydrogen-bond acceptors (Lipinski definition) is 1. The smallest absolute Gasteiger partial charge is 0.224 e. The highest BCUT2D eigenvalue weighted by Crippen LogP contribution is 2.32. The van der Waals surface area contributed by atoms with Crippen LogP contribution >= 0.6 is 15.9 Å². The van der Waals surface area contributed by atoms with E-state index in [0.29, 0.717) is 12.3 Å². The van der Waals surface area contributed by atoms with Gasteiger partial charge in [-0.2, -0.15) is 0 Å². The summed E-state index contributed by atoms with van der Waals surface area (Å²) in [5, 5.41) is 4.18. The van der Waals surface area contributed by atoms with Gasteiger partial charge >= 0.3 is 0 Å². The Bertz CT molecular complexity index is 472. The summed E-state index contributed by atoms with van der Waals surface area (Å²) in [5.41, 5.74) is 3.56. The van der Waals surface area contributed by atoms with Gasteiger partial charge < -0.3 is 5.32 Å². The molecule has 3 heteroatoms. The van der Waals surface area contributed by atoms with E-state index in [1.807, 2.05) is 0 Å². The van der Waals surface area contributed by atoms with Crippen LogP contribution in [0.4, 0.5) is 0 Å². The highest BCUT2D eigenvalue weighted by Gasteiger charge is 2.26. The summed E-state index contributed by atoms with van der Waals surface area (Å²) in [5.74, 6) is 1.53. The molecular weight excluding hydrogens is 314 g/mol. The molecule has 0 bridgehead atoms. The average Bonchev–Trinajstić information content (AvgIpc) is 2.88. The molecule has 1 aromatic rings. The first-order valence-electron chi connectivity index (χ1n) is 7.49. The topological polar surface area (TPSA) is 29.1 Å². The van der Waals surface area contributed by atoms with Crippen molar-refractivity contribution in [2.75, 3.05) is 11.9 Å². The Morgan fingerprint density at radius 1 is 1.30 bits per heavy atom. The number of halogens is 1. The number of hydrogen-bond donors (Lipinski definition) is 1. The minimum absolute atomic E-state index is 0.152. The van der Waals surface area contributed by atoms with Crippen molar-refractivity contribution in [3.05, 3.63) is 34.9 Å². The molecule has 0 spiro atoms. The molecule has 1 aromatic carbocycles. The third-order valence-corrected chi connectivity index (χ3v) is 5.26. The average molecular weight is 338 g/mol. The quantitative estimate of drug-likeness (QED) is 0.814. The van der Waals surface area contributed by atoms with Gasteiger partial charge in [-0.3, -0.25) is 4.79 Å². The number of benzene rings is 1. The third-order valence-electron chi connectivity index (χ3n) is 4.43. The van der Waals surface area contributed by atoms with E-state index in [9.17, 15) is 4.79 Å². The number of carbonyl (C=O) groups excluding carboxylic acids is 1. The maximum absolute atomic E-state index is 12.1. The fraction of sp³-hybridized carbons (Fsp3) is 0.588. The first-order valence-corrected chi connectivity index (χ1v) is 8.61. The minimum Gasteiger partial charge on any atom is -0.356 e. The molecule has 2 rings (SSSR count). The van der Waals surface area contributed by atoms with Gasteiger partial charge in [-0.05, 0) is 49.7 Å². The van der Waals surface area contributed by atoms with E-state index in [2.05, 4.69) is 53.3 Å². The van der Waals surface area contributed by atoms with E-state index in [-0.39, 0.29) is 5.91 Å². The Labute approximate surface area is 130 Å². The maximum Gasteiger partial charge on any atom is 0.224 e. The van der Waals surface area contributed by atoms with Crippen LogP contribution in [-0.2, 0) is 11.2 Å². The summed E-state index contributed by atoms with van der Waals surface area (Å²) in [7, 11) is 0. The standard InChI is InChI=1S/C17H24BrNO/c1-12-6-7-13(2)16(8-12)9-17(20)19-11-15-5-3-4-14(15)10-18/h6-8,14-15H,3-5,9-11H2,1-2H3,(H,19,20). The van der Waals surface area contributed by atoms with Crippen LogP contribution in [0.5, 0.6) is 0 Å². The van der Waals surface area contributed by atoms with E-state index in [0.717, 1.165) is 23.4 Å². The van der Waals surface area contributed by atoms with Crippen LogP contribution in [0.3, 0.4) is 0 Å². The molecule has 1 aliphatic rings. The molecule has 0 radical (unpaired) electrons. The van der Waals surface area contributed by atoms with E-state index in [4.69, 9.17) is 0 Å². The van der Waals surface area contributed by atoms with E-state index < -0.39 is 0 Å². The molecule has 2 atom stereocenters. The number of nitrogens with one attached hydrogen (secondary N) is 1. The van der Waals surface area contributed by atoms with E-state index in [1.165, 1.54) is 30.4 Å². The zero-order chi connectivity index (χ0) is 14.5. The van der Waals surface area contributed by atoms with Crippen molar-refractivity contribution < 1.29 is 4.79 Å². The van der Waals surface area contributed by atoms with Gasteiger partial charge in [0.1, 0.15) is 0 Å². The van der Waals surface area contributed by atoms with Crippen LogP contribution < -0.4 is 5.32 Å². The first kappa shape index (κ1) is 15.6. The fourth-order valence-electron chi connectivity index (χ4n) is 3.06. The summed E-state index contributed by atoms with van der Waals surface area (Å²) in [4.78, 5) is 12.1. The van der Waals surface area contributed by atoms with E-state index in [1.54, 1.807) is 0 Å². The van der Waals surface area contributed by atoms with Crippen LogP contribution in [-0.4, -0.2) is 17.8 Å². The van der Waals surface area contributed by atoms with Gasteiger partial charge in [0.15, 0.2) is 0 Å². The van der Waals surface area contributed by atoms with Gasteiger partial charge in [0.25, 0.3) is 0 Å². The highest BCUT2D eigenvalue weighted by molar-refractivity contribution is 9.09. The lowest BCUT2D eigenvalue weighted by atomic mass is 9.98. The van der Waals surface area contributed by atoms with Gasteiger partial charge in [0.05, 0.1) is 6.42 Å². The predicted molar refractivity (Wildman–Crippen MR) is 87.3 cm³/mol. The van der Waals surface area contributed by atoms with Crippen molar-refractivity contribution in [1.29, 1.82) is 0 Å². The second-order valence-electron chi connectivity index (χ2n) is 6.02. The van der Waals surface area contributed by atoms with Crippen molar-refractivity contribution in [3.63, 3.8) is 0 Å². The Hall–Kier alpha value is -0.830. The molecule has 2 unspecified atom stereocenters. The zero-order valence-corrected chi connectivity index (χ0v) is 14.0. The molecule has 2 nitrogen and oxygen atoms in total. The van der Waals surface area contributed by atoms with E-state index >= 15 is 0 Å². The zero-order valence-electron chi connectivity index (χ0n) is 12.4. The molecule has 1 fully saturated rings. The highest BCUT2D eigenvalue weighted by atomic mass is 79.9. The third kappa shape index (κ3) is 4.08. The molecule has 110 valence electrons. The first-order chi connectivity index (χ1) is 9.60. The summed E-state index contributed by atoms with van der Waals surface area (Å²) < 4.78 is 0. The number of rotatable bonds is 5. The molecule has 0 aliphatic heterocycles. The SMILES string of the molecule is Cc1ccc(C)c(CC(=O)NCC2CCCC2CBr)c1. The summed E-state index contributed by atoms with van der Waals surface area (Å²) in [6.07, 6.45) is 4.34. The Morgan fingerprint density at radius 3 is 2.80 bits per heavy atom. The van der Waals surface area contributed by atoms with Crippen molar-refractivity contribution in [2.24, 2.45) is 11.8 Å². The molecule has 1 saturated carbocycles. The van der Waals surface area contributed by atoms with Crippen LogP contribution in [0.1, 0.15) is 36.0 Å². The Kier molecular flexibility index (Phi) is 5.64. The summed E-state index contributed by atoms with van der Waals surface area (Å²) in [6.45, 7) is 4.97. The van der Waals surface area contributed by atoms with Gasteiger partial charge in [-0.15, -0.1) is 0 Å². The summed E-state index contributed by atoms with van der Waals surface area (Å²) in [6, 6.07) is 6.30. The van der Waals surface area contributed by atoms with Crippen LogP contribution in [0.15, 0.2) is 18.2 Å². The van der Waals surface area contributed by atoms with Gasteiger partial charge in [-0.25, -0.2) is 0 Å². The van der Waals surface area contributed by atoms with Gasteiger partial charge in [0.2, 0.25) is 5.91 Å². The van der Waals surface area contributed by atoms with Crippen molar-refractivity contribution in [3.8, 4) is 0 Å². The minimum atomic E-state index is 0.152. The predicted octanol–water partition coefficient (Wildman–Crippen LogP) is 3.77. The number of aryl methyl sites for hydroxylation is 2. The Balaban J connectivity index is 1.85. The number of carbonyl (C=O) groups is 1. The molecule has 0 heterocycles. The largest absolute Gasteiger partial charge is 0.356 e. The van der Waals surface area contributed by atoms with Crippen molar-refractivity contribution >= 4 is 21.8 Å². The van der Waals surface area contributed by atoms with Crippen molar-refractivity contribution in [2.45, 2.75) is 39.5 Å². The van der Waals surface area contributed by atoms with Crippen LogP contribution in [0.2, 0.25) is 0 Å². The fourth-order valence-corrected chi connectivity index (χ4v) is 3.91. The van der Waals surface area contributed by atoms with Gasteiger partial charge in [-0.1, -0.05) is 46.1 Å². The molecule has 0 saturated heterocycles. The van der Waals surface area contributed by atoms with Gasteiger partial charge in [0, 0.05) is 11.9 Å². The molecule has 1 amide bonds. The number of amides is 1. The molecule has 20 heavy (non-hydrogen) atoms. The molecule has 0 aromatic heterocycles. The normalized spacial score (nSPS) is 21.9.